The third-order valence-electron chi connectivity index (χ3n) is 5.25. The molecule has 0 aromatic heterocycles. The first kappa shape index (κ1) is 29.5. The molecule has 0 spiro atoms. The number of hydrogen-bond acceptors (Lipinski definition) is 2. The summed E-state index contributed by atoms with van der Waals surface area (Å²) < 4.78 is 5.35. The molecule has 0 rings (SSSR count). The van der Waals surface area contributed by atoms with E-state index in [1.807, 2.05) is 0 Å². The minimum atomic E-state index is 0. The molecule has 0 aromatic rings. The maximum absolute atomic E-state index is 11.7. The number of carbonyl (C=O) groups is 1. The van der Waals surface area contributed by atoms with Crippen LogP contribution in [-0.2, 0) is 9.53 Å². The Morgan fingerprint density at radius 3 is 1.26 bits per heavy atom. The summed E-state index contributed by atoms with van der Waals surface area (Å²) in [5, 5.41) is 0. The van der Waals surface area contributed by atoms with Crippen molar-refractivity contribution in [2.75, 3.05) is 6.61 Å². The van der Waals surface area contributed by atoms with Gasteiger partial charge in [-0.25, -0.2) is 0 Å². The van der Waals surface area contributed by atoms with Gasteiger partial charge < -0.3 is 4.74 Å². The van der Waals surface area contributed by atoms with Crippen LogP contribution in [0.5, 0.6) is 0 Å². The van der Waals surface area contributed by atoms with Crippen molar-refractivity contribution in [3.8, 4) is 0 Å². The molecular weight excluding hydrogens is 439 g/mol. The zero-order valence-corrected chi connectivity index (χ0v) is 22.9. The Morgan fingerprint density at radius 2 is 0.852 bits per heavy atom. The number of carbonyl (C=O) groups excluding carboxylic acids is 1. The van der Waals surface area contributed by atoms with E-state index in [-0.39, 0.29) is 29.9 Å². The Kier molecular flexibility index (Phi) is 28.7. The second kappa shape index (κ2) is 26.3. The van der Waals surface area contributed by atoms with E-state index >= 15 is 0 Å². The third kappa shape index (κ3) is 26.3. The van der Waals surface area contributed by atoms with Crippen molar-refractivity contribution in [1.29, 1.82) is 0 Å². The van der Waals surface area contributed by atoms with E-state index in [0.29, 0.717) is 13.0 Å². The Balaban J connectivity index is 0. The summed E-state index contributed by atoms with van der Waals surface area (Å²) in [4.78, 5) is 11.7. The van der Waals surface area contributed by atoms with Crippen molar-refractivity contribution in [2.45, 2.75) is 142 Å². The van der Waals surface area contributed by atoms with Crippen molar-refractivity contribution in [3.63, 3.8) is 0 Å². The summed E-state index contributed by atoms with van der Waals surface area (Å²) >= 11 is 0. The Labute approximate surface area is 187 Å². The molecule has 162 valence electrons. The molecule has 27 heavy (non-hydrogen) atoms. The van der Waals surface area contributed by atoms with Crippen LogP contribution in [0.15, 0.2) is 0 Å². The van der Waals surface area contributed by atoms with Gasteiger partial charge in [0.05, 0.1) is 6.61 Å². The SMILES string of the molecule is CCCCCCCCCCCCOC(=O)CCCCCCCCCCC.[SnH2]. The summed E-state index contributed by atoms with van der Waals surface area (Å²) in [5.74, 6) is 0.0175. The summed E-state index contributed by atoms with van der Waals surface area (Å²) in [5.41, 5.74) is 0. The first-order valence-corrected chi connectivity index (χ1v) is 12.0. The molecule has 0 bridgehead atoms. The van der Waals surface area contributed by atoms with Gasteiger partial charge in [0, 0.05) is 6.42 Å². The van der Waals surface area contributed by atoms with Crippen molar-refractivity contribution >= 4 is 29.9 Å². The van der Waals surface area contributed by atoms with Gasteiger partial charge in [-0.2, -0.15) is 0 Å². The van der Waals surface area contributed by atoms with Gasteiger partial charge in [-0.1, -0.05) is 123 Å². The van der Waals surface area contributed by atoms with Crippen LogP contribution >= 0.6 is 0 Å². The predicted molar refractivity (Wildman–Crippen MR) is 123 cm³/mol. The van der Waals surface area contributed by atoms with E-state index in [0.717, 1.165) is 12.8 Å². The van der Waals surface area contributed by atoms with E-state index in [1.165, 1.54) is 109 Å². The molecule has 0 amide bonds. The van der Waals surface area contributed by atoms with Gasteiger partial charge in [0.25, 0.3) is 0 Å². The molecule has 0 saturated carbocycles. The van der Waals surface area contributed by atoms with E-state index in [2.05, 4.69) is 13.8 Å². The van der Waals surface area contributed by atoms with Crippen molar-refractivity contribution in [3.05, 3.63) is 0 Å². The second-order valence-corrected chi connectivity index (χ2v) is 7.98. The molecule has 0 saturated heterocycles. The van der Waals surface area contributed by atoms with Crippen molar-refractivity contribution < 1.29 is 9.53 Å². The Hall–Kier alpha value is 0.269. The minimum absolute atomic E-state index is 0. The van der Waals surface area contributed by atoms with E-state index in [4.69, 9.17) is 4.74 Å². The van der Waals surface area contributed by atoms with Crippen LogP contribution in [0.4, 0.5) is 0 Å². The fourth-order valence-electron chi connectivity index (χ4n) is 3.43. The van der Waals surface area contributed by atoms with Gasteiger partial charge >= 0.3 is 29.9 Å². The number of rotatable bonds is 21. The molecule has 2 radical (unpaired) electrons. The number of esters is 1. The molecule has 0 aliphatic rings. The molecule has 0 atom stereocenters. The molecule has 0 unspecified atom stereocenters. The summed E-state index contributed by atoms with van der Waals surface area (Å²) in [7, 11) is 0. The fraction of sp³-hybridized carbons (Fsp3) is 0.958. The van der Waals surface area contributed by atoms with Crippen LogP contribution in [0.25, 0.3) is 0 Å². The predicted octanol–water partition coefficient (Wildman–Crippen LogP) is 7.46. The van der Waals surface area contributed by atoms with Crippen LogP contribution in [0.2, 0.25) is 0 Å². The van der Waals surface area contributed by atoms with Gasteiger partial charge in [0.15, 0.2) is 0 Å². The zero-order chi connectivity index (χ0) is 19.1. The van der Waals surface area contributed by atoms with Gasteiger partial charge in [0.2, 0.25) is 0 Å². The zero-order valence-electron chi connectivity index (χ0n) is 18.9. The van der Waals surface area contributed by atoms with Gasteiger partial charge in [-0.3, -0.25) is 4.79 Å². The Morgan fingerprint density at radius 1 is 0.519 bits per heavy atom. The van der Waals surface area contributed by atoms with E-state index in [9.17, 15) is 4.79 Å². The van der Waals surface area contributed by atoms with E-state index in [1.54, 1.807) is 0 Å². The third-order valence-corrected chi connectivity index (χ3v) is 5.25. The van der Waals surface area contributed by atoms with Crippen LogP contribution in [0.3, 0.4) is 0 Å². The quantitative estimate of drug-likeness (QED) is 0.0951. The van der Waals surface area contributed by atoms with Gasteiger partial charge in [-0.05, 0) is 12.8 Å². The Bertz CT molecular complexity index is 282. The standard InChI is InChI=1S/C24H48O2.Sn.2H/c1-3-5-7-9-11-13-15-17-19-21-23-26-24(25)22-20-18-16-14-12-10-8-6-4-2;;;/h3-23H2,1-2H3;;;. The van der Waals surface area contributed by atoms with Gasteiger partial charge in [-0.15, -0.1) is 0 Å². The maximum atomic E-state index is 11.7. The van der Waals surface area contributed by atoms with E-state index < -0.39 is 0 Å². The van der Waals surface area contributed by atoms with Crippen molar-refractivity contribution in [1.82, 2.24) is 0 Å². The first-order valence-electron chi connectivity index (χ1n) is 12.0. The molecule has 0 fully saturated rings. The second-order valence-electron chi connectivity index (χ2n) is 7.98. The first-order chi connectivity index (χ1) is 12.8. The molecular formula is C24H50O2Sn. The number of hydrogen-bond donors (Lipinski definition) is 0. The van der Waals surface area contributed by atoms with Crippen LogP contribution < -0.4 is 0 Å². The van der Waals surface area contributed by atoms with Crippen LogP contribution in [0, 0.1) is 0 Å². The van der Waals surface area contributed by atoms with Crippen LogP contribution in [-0.4, -0.2) is 36.5 Å². The fourth-order valence-corrected chi connectivity index (χ4v) is 3.43. The average molecular weight is 489 g/mol. The molecule has 2 nitrogen and oxygen atoms in total. The average Bonchev–Trinajstić information content (AvgIpc) is 2.64. The van der Waals surface area contributed by atoms with Crippen molar-refractivity contribution in [2.24, 2.45) is 0 Å². The number of unbranched alkanes of at least 4 members (excludes halogenated alkanes) is 17. The summed E-state index contributed by atoms with van der Waals surface area (Å²) in [6.45, 7) is 5.16. The normalized spacial score (nSPS) is 10.6. The monoisotopic (exact) mass is 490 g/mol. The molecule has 0 aliphatic heterocycles. The molecule has 3 heteroatoms. The topological polar surface area (TPSA) is 26.3 Å². The van der Waals surface area contributed by atoms with Gasteiger partial charge in [0.1, 0.15) is 0 Å². The number of ether oxygens (including phenoxy) is 1. The molecule has 0 heterocycles. The molecule has 0 aliphatic carbocycles. The molecule has 0 N–H and O–H groups in total. The summed E-state index contributed by atoms with van der Waals surface area (Å²) in [6, 6.07) is 0. The summed E-state index contributed by atoms with van der Waals surface area (Å²) in [6.07, 6.45) is 25.5. The van der Waals surface area contributed by atoms with Crippen LogP contribution in [0.1, 0.15) is 142 Å². The molecule has 0 aromatic carbocycles.